The lowest BCUT2D eigenvalue weighted by atomic mass is 10.1. The number of carboxylic acid groups (broad SMARTS) is 1. The second-order valence-corrected chi connectivity index (χ2v) is 6.66. The molecule has 0 aliphatic carbocycles. The van der Waals surface area contributed by atoms with Crippen LogP contribution in [0.4, 0.5) is 0 Å². The number of carboxylic acids is 1. The molecule has 0 fully saturated rings. The van der Waals surface area contributed by atoms with Crippen molar-refractivity contribution in [3.8, 4) is 0 Å². The fourth-order valence-electron chi connectivity index (χ4n) is 1.58. The average molecular weight is 306 g/mol. The first-order valence-corrected chi connectivity index (χ1v) is 7.60. The third kappa shape index (κ3) is 4.49. The number of sulfonamides is 1. The zero-order chi connectivity index (χ0) is 14.6. The number of hydrogen-bond acceptors (Lipinski definition) is 3. The van der Waals surface area contributed by atoms with Gasteiger partial charge >= 0.3 is 5.97 Å². The van der Waals surface area contributed by atoms with E-state index in [9.17, 15) is 13.2 Å². The van der Waals surface area contributed by atoms with Gasteiger partial charge in [-0.25, -0.2) is 8.42 Å². The van der Waals surface area contributed by atoms with Crippen LogP contribution in [0.1, 0.15) is 20.3 Å². The van der Waals surface area contributed by atoms with Gasteiger partial charge in [0.15, 0.2) is 0 Å². The maximum absolute atomic E-state index is 12.1. The zero-order valence-electron chi connectivity index (χ0n) is 10.6. The van der Waals surface area contributed by atoms with Crippen LogP contribution in [-0.4, -0.2) is 25.5 Å². The summed E-state index contributed by atoms with van der Waals surface area (Å²) in [5, 5.41) is 9.10. The van der Waals surface area contributed by atoms with Crippen LogP contribution in [0.25, 0.3) is 0 Å². The highest BCUT2D eigenvalue weighted by Crippen LogP contribution is 2.21. The van der Waals surface area contributed by atoms with E-state index in [-0.39, 0.29) is 22.3 Å². The molecular formula is C12H16ClNO4S. The van der Waals surface area contributed by atoms with Crippen LogP contribution in [0.5, 0.6) is 0 Å². The molecule has 0 bridgehead atoms. The molecule has 1 aromatic rings. The predicted molar refractivity (Wildman–Crippen MR) is 72.7 cm³/mol. The summed E-state index contributed by atoms with van der Waals surface area (Å²) in [5.74, 6) is -1.15. The van der Waals surface area contributed by atoms with Gasteiger partial charge < -0.3 is 5.11 Å². The van der Waals surface area contributed by atoms with Crippen LogP contribution < -0.4 is 4.72 Å². The van der Waals surface area contributed by atoms with E-state index in [1.165, 1.54) is 18.2 Å². The Morgan fingerprint density at radius 2 is 1.95 bits per heavy atom. The topological polar surface area (TPSA) is 83.5 Å². The lowest BCUT2D eigenvalue weighted by Gasteiger charge is -2.17. The van der Waals surface area contributed by atoms with Crippen molar-refractivity contribution in [2.24, 2.45) is 5.92 Å². The first-order chi connectivity index (χ1) is 8.74. The number of aliphatic carboxylic acids is 1. The summed E-state index contributed by atoms with van der Waals surface area (Å²) in [5.41, 5.74) is 0. The van der Waals surface area contributed by atoms with Crippen molar-refractivity contribution in [1.29, 1.82) is 0 Å². The van der Waals surface area contributed by atoms with Gasteiger partial charge in [-0.1, -0.05) is 37.6 Å². The fourth-order valence-corrected chi connectivity index (χ4v) is 3.31. The lowest BCUT2D eigenvalue weighted by Crippen LogP contribution is -2.41. The monoisotopic (exact) mass is 305 g/mol. The van der Waals surface area contributed by atoms with Gasteiger partial charge in [0.25, 0.3) is 0 Å². The molecule has 0 heterocycles. The maximum atomic E-state index is 12.1. The maximum Gasteiger partial charge on any atom is 0.321 e. The van der Waals surface area contributed by atoms with Crippen LogP contribution in [0.2, 0.25) is 5.02 Å². The molecule has 0 saturated carbocycles. The molecule has 106 valence electrons. The number of hydrogen-bond donors (Lipinski definition) is 2. The van der Waals surface area contributed by atoms with Gasteiger partial charge in [-0.15, -0.1) is 0 Å². The van der Waals surface area contributed by atoms with Gasteiger partial charge in [0.05, 0.1) is 5.02 Å². The van der Waals surface area contributed by atoms with E-state index in [0.717, 1.165) is 0 Å². The number of carbonyl (C=O) groups is 1. The van der Waals surface area contributed by atoms with Crippen LogP contribution >= 0.6 is 11.6 Å². The van der Waals surface area contributed by atoms with E-state index < -0.39 is 22.0 Å². The highest BCUT2D eigenvalue weighted by molar-refractivity contribution is 7.89. The normalized spacial score (nSPS) is 13.5. The minimum absolute atomic E-state index is 0.0510. The SMILES string of the molecule is CC(C)C[C@@H](NS(=O)(=O)c1ccccc1Cl)C(=O)O. The molecule has 0 aromatic heterocycles. The van der Waals surface area contributed by atoms with Crippen molar-refractivity contribution >= 4 is 27.6 Å². The fraction of sp³-hybridized carbons (Fsp3) is 0.417. The number of benzene rings is 1. The van der Waals surface area contributed by atoms with Crippen LogP contribution in [0.15, 0.2) is 29.2 Å². The molecule has 0 aliphatic heterocycles. The summed E-state index contributed by atoms with van der Waals surface area (Å²) in [6.07, 6.45) is 0.207. The molecule has 0 saturated heterocycles. The lowest BCUT2D eigenvalue weighted by molar-refractivity contribution is -0.139. The van der Waals surface area contributed by atoms with Crippen molar-refractivity contribution < 1.29 is 18.3 Å². The molecule has 7 heteroatoms. The van der Waals surface area contributed by atoms with Crippen LogP contribution in [-0.2, 0) is 14.8 Å². The van der Waals surface area contributed by atoms with Crippen LogP contribution in [0.3, 0.4) is 0 Å². The minimum atomic E-state index is -3.94. The molecule has 0 spiro atoms. The van der Waals surface area contributed by atoms with E-state index in [4.69, 9.17) is 16.7 Å². The Morgan fingerprint density at radius 1 is 1.37 bits per heavy atom. The zero-order valence-corrected chi connectivity index (χ0v) is 12.2. The van der Waals surface area contributed by atoms with Crippen molar-refractivity contribution in [2.45, 2.75) is 31.2 Å². The molecule has 0 aliphatic rings. The van der Waals surface area contributed by atoms with Gasteiger partial charge in [0.1, 0.15) is 10.9 Å². The summed E-state index contributed by atoms with van der Waals surface area (Å²) in [6.45, 7) is 3.64. The Kier molecular flexibility index (Phi) is 5.34. The molecule has 1 atom stereocenters. The summed E-state index contributed by atoms with van der Waals surface area (Å²) in [7, 11) is -3.94. The van der Waals surface area contributed by atoms with E-state index in [1.807, 2.05) is 13.8 Å². The molecule has 5 nitrogen and oxygen atoms in total. The molecular weight excluding hydrogens is 290 g/mol. The quantitative estimate of drug-likeness (QED) is 0.843. The molecule has 1 rings (SSSR count). The third-order valence-corrected chi connectivity index (χ3v) is 4.40. The Hall–Kier alpha value is -1.11. The van der Waals surface area contributed by atoms with Gasteiger partial charge in [0, 0.05) is 0 Å². The van der Waals surface area contributed by atoms with Crippen molar-refractivity contribution in [3.63, 3.8) is 0 Å². The van der Waals surface area contributed by atoms with Crippen molar-refractivity contribution in [1.82, 2.24) is 4.72 Å². The van der Waals surface area contributed by atoms with Gasteiger partial charge in [-0.2, -0.15) is 4.72 Å². The molecule has 19 heavy (non-hydrogen) atoms. The molecule has 0 amide bonds. The number of halogens is 1. The standard InChI is InChI=1S/C12H16ClNO4S/c1-8(2)7-10(12(15)16)14-19(17,18)11-6-4-3-5-9(11)13/h3-6,8,10,14H,7H2,1-2H3,(H,15,16)/t10-/m1/s1. The third-order valence-electron chi connectivity index (χ3n) is 2.43. The number of nitrogens with one attached hydrogen (secondary N) is 1. The molecule has 0 radical (unpaired) electrons. The smallest absolute Gasteiger partial charge is 0.321 e. The largest absolute Gasteiger partial charge is 0.480 e. The summed E-state index contributed by atoms with van der Waals surface area (Å²) < 4.78 is 26.4. The minimum Gasteiger partial charge on any atom is -0.480 e. The second kappa shape index (κ2) is 6.36. The second-order valence-electron chi connectivity index (χ2n) is 4.57. The molecule has 0 unspecified atom stereocenters. The van der Waals surface area contributed by atoms with Crippen molar-refractivity contribution in [2.75, 3.05) is 0 Å². The van der Waals surface area contributed by atoms with Crippen molar-refractivity contribution in [3.05, 3.63) is 29.3 Å². The number of rotatable bonds is 6. The summed E-state index contributed by atoms with van der Waals surface area (Å²) in [4.78, 5) is 11.0. The summed E-state index contributed by atoms with van der Waals surface area (Å²) in [6, 6.07) is 4.73. The van der Waals surface area contributed by atoms with Crippen LogP contribution in [0, 0.1) is 5.92 Å². The van der Waals surface area contributed by atoms with E-state index >= 15 is 0 Å². The van der Waals surface area contributed by atoms with E-state index in [2.05, 4.69) is 4.72 Å². The highest BCUT2D eigenvalue weighted by atomic mass is 35.5. The van der Waals surface area contributed by atoms with Gasteiger partial charge in [0.2, 0.25) is 10.0 Å². The Morgan fingerprint density at radius 3 is 2.42 bits per heavy atom. The Balaban J connectivity index is 3.01. The van der Waals surface area contributed by atoms with Gasteiger partial charge in [-0.3, -0.25) is 4.79 Å². The Labute approximate surface area is 117 Å². The average Bonchev–Trinajstić information content (AvgIpc) is 2.27. The summed E-state index contributed by atoms with van der Waals surface area (Å²) >= 11 is 5.81. The highest BCUT2D eigenvalue weighted by Gasteiger charge is 2.27. The first kappa shape index (κ1) is 15.9. The predicted octanol–water partition coefficient (Wildman–Crippen LogP) is 2.12. The molecule has 1 aromatic carbocycles. The first-order valence-electron chi connectivity index (χ1n) is 5.73. The van der Waals surface area contributed by atoms with Gasteiger partial charge in [-0.05, 0) is 24.5 Å². The molecule has 2 N–H and O–H groups in total. The van der Waals surface area contributed by atoms with E-state index in [0.29, 0.717) is 0 Å². The Bertz CT molecular complexity index is 557. The van der Waals surface area contributed by atoms with E-state index in [1.54, 1.807) is 6.07 Å².